The molecule has 2 rings (SSSR count). The first-order valence-corrected chi connectivity index (χ1v) is 6.24. The van der Waals surface area contributed by atoms with Gasteiger partial charge >= 0.3 is 0 Å². The minimum Gasteiger partial charge on any atom is -0.398 e. The van der Waals surface area contributed by atoms with Crippen LogP contribution in [0.1, 0.15) is 9.67 Å². The van der Waals surface area contributed by atoms with E-state index in [2.05, 4.69) is 21.2 Å². The fourth-order valence-electron chi connectivity index (χ4n) is 1.22. The van der Waals surface area contributed by atoms with Gasteiger partial charge in [-0.05, 0) is 45.6 Å². The molecule has 1 amide bonds. The van der Waals surface area contributed by atoms with Gasteiger partial charge in [-0.15, -0.1) is 11.3 Å². The van der Waals surface area contributed by atoms with Crippen LogP contribution in [0.5, 0.6) is 0 Å². The number of nitrogens with one attached hydrogen (secondary N) is 1. The van der Waals surface area contributed by atoms with Gasteiger partial charge in [0.15, 0.2) is 0 Å². The average Bonchev–Trinajstić information content (AvgIpc) is 2.77. The molecule has 0 saturated carbocycles. The van der Waals surface area contributed by atoms with Gasteiger partial charge in [0.25, 0.3) is 5.91 Å². The van der Waals surface area contributed by atoms with Gasteiger partial charge in [0.2, 0.25) is 0 Å². The second-order valence-corrected chi connectivity index (χ2v) is 4.97. The van der Waals surface area contributed by atoms with Gasteiger partial charge in [0.05, 0.1) is 4.88 Å². The van der Waals surface area contributed by atoms with Gasteiger partial charge in [-0.25, -0.2) is 0 Å². The highest BCUT2D eigenvalue weighted by atomic mass is 79.9. The molecule has 0 fully saturated rings. The average molecular weight is 297 g/mol. The maximum absolute atomic E-state index is 11.7. The normalized spacial score (nSPS) is 10.1. The van der Waals surface area contributed by atoms with Crippen molar-refractivity contribution < 1.29 is 4.79 Å². The van der Waals surface area contributed by atoms with Crippen molar-refractivity contribution >= 4 is 44.5 Å². The molecule has 0 aliphatic heterocycles. The highest BCUT2D eigenvalue weighted by molar-refractivity contribution is 9.10. The van der Waals surface area contributed by atoms with Crippen molar-refractivity contribution in [2.45, 2.75) is 0 Å². The van der Waals surface area contributed by atoms with Gasteiger partial charge in [0, 0.05) is 15.8 Å². The van der Waals surface area contributed by atoms with E-state index in [1.54, 1.807) is 24.3 Å². The first-order chi connectivity index (χ1) is 7.66. The van der Waals surface area contributed by atoms with Gasteiger partial charge in [-0.1, -0.05) is 6.07 Å². The maximum Gasteiger partial charge on any atom is 0.265 e. The molecule has 2 aromatic rings. The van der Waals surface area contributed by atoms with Crippen LogP contribution in [0.2, 0.25) is 0 Å². The van der Waals surface area contributed by atoms with Crippen molar-refractivity contribution in [3.05, 3.63) is 45.1 Å². The van der Waals surface area contributed by atoms with Crippen LogP contribution in [0.15, 0.2) is 40.2 Å². The Morgan fingerprint density at radius 2 is 2.19 bits per heavy atom. The standard InChI is InChI=1S/C11H9BrN2OS/c12-8-4-3-7(6-9(8)13)14-11(15)10-2-1-5-16-10/h1-6H,13H2,(H,14,15). The summed E-state index contributed by atoms with van der Waals surface area (Å²) in [5.41, 5.74) is 7.01. The topological polar surface area (TPSA) is 55.1 Å². The lowest BCUT2D eigenvalue weighted by molar-refractivity contribution is 0.103. The first-order valence-electron chi connectivity index (χ1n) is 4.56. The lowest BCUT2D eigenvalue weighted by atomic mass is 10.3. The van der Waals surface area contributed by atoms with Crippen LogP contribution in [0.25, 0.3) is 0 Å². The van der Waals surface area contributed by atoms with Crippen molar-refractivity contribution in [2.75, 3.05) is 11.1 Å². The van der Waals surface area contributed by atoms with Crippen LogP contribution in [-0.4, -0.2) is 5.91 Å². The molecular weight excluding hydrogens is 288 g/mol. The summed E-state index contributed by atoms with van der Waals surface area (Å²) in [6.07, 6.45) is 0. The number of carbonyl (C=O) groups excluding carboxylic acids is 1. The van der Waals surface area contributed by atoms with Crippen molar-refractivity contribution in [3.8, 4) is 0 Å². The third kappa shape index (κ3) is 2.43. The van der Waals surface area contributed by atoms with Crippen molar-refractivity contribution in [1.29, 1.82) is 0 Å². The summed E-state index contributed by atoms with van der Waals surface area (Å²) in [7, 11) is 0. The van der Waals surface area contributed by atoms with Crippen LogP contribution < -0.4 is 11.1 Å². The third-order valence-electron chi connectivity index (χ3n) is 2.00. The molecule has 16 heavy (non-hydrogen) atoms. The number of benzene rings is 1. The first kappa shape index (κ1) is 11.2. The number of carbonyl (C=O) groups is 1. The number of nitrogen functional groups attached to an aromatic ring is 1. The third-order valence-corrected chi connectivity index (χ3v) is 3.59. The zero-order valence-corrected chi connectivity index (χ0v) is 10.6. The molecule has 82 valence electrons. The molecule has 0 aliphatic rings. The van der Waals surface area contributed by atoms with E-state index in [9.17, 15) is 4.79 Å². The fraction of sp³-hybridized carbons (Fsp3) is 0. The summed E-state index contributed by atoms with van der Waals surface area (Å²) in [6.45, 7) is 0. The van der Waals surface area contributed by atoms with Crippen LogP contribution in [0.4, 0.5) is 11.4 Å². The predicted molar refractivity (Wildman–Crippen MR) is 70.8 cm³/mol. The molecule has 0 atom stereocenters. The molecule has 0 bridgehead atoms. The Bertz CT molecular complexity index is 511. The fourth-order valence-corrected chi connectivity index (χ4v) is 2.09. The number of hydrogen-bond donors (Lipinski definition) is 2. The lowest BCUT2D eigenvalue weighted by Gasteiger charge is -2.05. The highest BCUT2D eigenvalue weighted by Crippen LogP contribution is 2.23. The number of rotatable bonds is 2. The largest absolute Gasteiger partial charge is 0.398 e. The molecular formula is C11H9BrN2OS. The minimum absolute atomic E-state index is 0.114. The van der Waals surface area contributed by atoms with Gasteiger partial charge in [-0.3, -0.25) is 4.79 Å². The zero-order chi connectivity index (χ0) is 11.5. The van der Waals surface area contributed by atoms with Crippen LogP contribution >= 0.6 is 27.3 Å². The van der Waals surface area contributed by atoms with Crippen molar-refractivity contribution in [2.24, 2.45) is 0 Å². The number of hydrogen-bond acceptors (Lipinski definition) is 3. The van der Waals surface area contributed by atoms with Crippen molar-refractivity contribution in [1.82, 2.24) is 0 Å². The summed E-state index contributed by atoms with van der Waals surface area (Å²) in [6, 6.07) is 8.94. The highest BCUT2D eigenvalue weighted by Gasteiger charge is 2.07. The molecule has 3 N–H and O–H groups in total. The molecule has 1 aromatic heterocycles. The monoisotopic (exact) mass is 296 g/mol. The number of thiophene rings is 1. The van der Waals surface area contributed by atoms with Gasteiger partial charge < -0.3 is 11.1 Å². The molecule has 5 heteroatoms. The second kappa shape index (κ2) is 4.67. The van der Waals surface area contributed by atoms with E-state index >= 15 is 0 Å². The zero-order valence-electron chi connectivity index (χ0n) is 8.24. The molecule has 0 unspecified atom stereocenters. The molecule has 0 saturated heterocycles. The van der Waals surface area contributed by atoms with Crippen LogP contribution in [0, 0.1) is 0 Å². The number of anilines is 2. The summed E-state index contributed by atoms with van der Waals surface area (Å²) in [5, 5.41) is 4.65. The summed E-state index contributed by atoms with van der Waals surface area (Å²) in [5.74, 6) is -0.114. The van der Waals surface area contributed by atoms with E-state index in [1.165, 1.54) is 11.3 Å². The second-order valence-electron chi connectivity index (χ2n) is 3.17. The summed E-state index contributed by atoms with van der Waals surface area (Å²) >= 11 is 4.70. The van der Waals surface area contributed by atoms with Gasteiger partial charge in [0.1, 0.15) is 0 Å². The number of nitrogens with two attached hydrogens (primary N) is 1. The molecule has 0 aliphatic carbocycles. The molecule has 3 nitrogen and oxygen atoms in total. The Morgan fingerprint density at radius 1 is 1.38 bits per heavy atom. The van der Waals surface area contributed by atoms with Gasteiger partial charge in [-0.2, -0.15) is 0 Å². The van der Waals surface area contributed by atoms with E-state index < -0.39 is 0 Å². The minimum atomic E-state index is -0.114. The van der Waals surface area contributed by atoms with Crippen molar-refractivity contribution in [3.63, 3.8) is 0 Å². The lowest BCUT2D eigenvalue weighted by Crippen LogP contribution is -2.10. The summed E-state index contributed by atoms with van der Waals surface area (Å²) in [4.78, 5) is 12.4. The number of amides is 1. The van der Waals surface area contributed by atoms with E-state index in [1.807, 2.05) is 11.4 Å². The molecule has 1 heterocycles. The quantitative estimate of drug-likeness (QED) is 0.835. The number of halogens is 1. The summed E-state index contributed by atoms with van der Waals surface area (Å²) < 4.78 is 0.821. The Morgan fingerprint density at radius 3 is 2.81 bits per heavy atom. The Kier molecular flexibility index (Phi) is 3.26. The van der Waals surface area contributed by atoms with Crippen LogP contribution in [-0.2, 0) is 0 Å². The molecule has 0 radical (unpaired) electrons. The molecule has 0 spiro atoms. The van der Waals surface area contributed by atoms with E-state index in [4.69, 9.17) is 5.73 Å². The van der Waals surface area contributed by atoms with E-state index in [0.29, 0.717) is 16.3 Å². The van der Waals surface area contributed by atoms with E-state index in [0.717, 1.165) is 4.47 Å². The van der Waals surface area contributed by atoms with E-state index in [-0.39, 0.29) is 5.91 Å². The maximum atomic E-state index is 11.7. The Balaban J connectivity index is 2.15. The Labute approximate surface area is 105 Å². The van der Waals surface area contributed by atoms with Crippen LogP contribution in [0.3, 0.4) is 0 Å². The predicted octanol–water partition coefficient (Wildman–Crippen LogP) is 3.35. The Hall–Kier alpha value is -1.33. The smallest absolute Gasteiger partial charge is 0.265 e. The molecule has 1 aromatic carbocycles. The SMILES string of the molecule is Nc1cc(NC(=O)c2cccs2)ccc1Br.